The predicted octanol–water partition coefficient (Wildman–Crippen LogP) is 2.18. The summed E-state index contributed by atoms with van der Waals surface area (Å²) in [6.45, 7) is 1.82. The molecule has 0 aliphatic carbocycles. The van der Waals surface area contributed by atoms with Crippen molar-refractivity contribution in [2.24, 2.45) is 0 Å². The molecule has 7 nitrogen and oxygen atoms in total. The van der Waals surface area contributed by atoms with Crippen LogP contribution < -0.4 is 16.1 Å². The van der Waals surface area contributed by atoms with Gasteiger partial charge in [-0.15, -0.1) is 0 Å². The Bertz CT molecular complexity index is 1280. The van der Waals surface area contributed by atoms with Gasteiger partial charge in [-0.25, -0.2) is 18.0 Å². The Kier molecular flexibility index (Phi) is 4.46. The molecule has 1 aliphatic rings. The summed E-state index contributed by atoms with van der Waals surface area (Å²) in [6, 6.07) is 2.40. The van der Waals surface area contributed by atoms with Crippen molar-refractivity contribution in [3.8, 4) is 5.69 Å². The molecule has 4 rings (SSSR count). The van der Waals surface area contributed by atoms with Gasteiger partial charge in [0.15, 0.2) is 0 Å². The molecule has 3 aromatic rings. The summed E-state index contributed by atoms with van der Waals surface area (Å²) >= 11 is 0. The van der Waals surface area contributed by atoms with E-state index in [2.05, 4.69) is 0 Å². The van der Waals surface area contributed by atoms with E-state index in [9.17, 15) is 33.0 Å². The number of nitrogens with zero attached hydrogens (tertiary/aromatic N) is 2. The van der Waals surface area contributed by atoms with Gasteiger partial charge in [0.1, 0.15) is 23.0 Å². The lowest BCUT2D eigenvalue weighted by atomic mass is 10.0. The highest BCUT2D eigenvalue weighted by atomic mass is 19.1. The summed E-state index contributed by atoms with van der Waals surface area (Å²) in [5.41, 5.74) is 3.59. The van der Waals surface area contributed by atoms with Crippen LogP contribution in [0.15, 0.2) is 29.2 Å². The van der Waals surface area contributed by atoms with E-state index < -0.39 is 40.5 Å². The van der Waals surface area contributed by atoms with Crippen molar-refractivity contribution in [1.29, 1.82) is 0 Å². The lowest BCUT2D eigenvalue weighted by molar-refractivity contribution is 0.0695. The molecule has 30 heavy (non-hydrogen) atoms. The molecule has 0 unspecified atom stereocenters. The minimum Gasteiger partial charge on any atom is -0.477 e. The van der Waals surface area contributed by atoms with Crippen molar-refractivity contribution in [2.45, 2.75) is 13.0 Å². The number of aryl methyl sites for hydroxylation is 1. The van der Waals surface area contributed by atoms with Crippen molar-refractivity contribution in [2.75, 3.05) is 23.7 Å². The lowest BCUT2D eigenvalue weighted by Crippen LogP contribution is -2.51. The van der Waals surface area contributed by atoms with Crippen molar-refractivity contribution in [3.05, 3.63) is 63.2 Å². The fourth-order valence-corrected chi connectivity index (χ4v) is 3.74. The first-order chi connectivity index (χ1) is 14.1. The number of carbonyl (C=O) groups is 1. The second kappa shape index (κ2) is 6.77. The zero-order chi connectivity index (χ0) is 21.9. The third kappa shape index (κ3) is 2.88. The third-order valence-corrected chi connectivity index (χ3v) is 5.19. The first-order valence-electron chi connectivity index (χ1n) is 8.89. The van der Waals surface area contributed by atoms with Gasteiger partial charge in [0.2, 0.25) is 5.43 Å². The molecule has 0 spiro atoms. The number of nitrogen functional groups attached to an aromatic ring is 1. The number of hydrogen-bond acceptors (Lipinski definition) is 5. The van der Waals surface area contributed by atoms with E-state index >= 15 is 0 Å². The minimum absolute atomic E-state index is 0.0488. The molecule has 0 bridgehead atoms. The number of pyridine rings is 1. The Labute approximate surface area is 167 Å². The number of rotatable bonds is 3. The van der Waals surface area contributed by atoms with E-state index in [1.165, 1.54) is 6.92 Å². The number of aromatic nitrogens is 1. The third-order valence-electron chi connectivity index (χ3n) is 5.19. The average molecular weight is 419 g/mol. The largest absolute Gasteiger partial charge is 0.477 e. The average Bonchev–Trinajstić information content (AvgIpc) is 2.64. The molecule has 156 valence electrons. The number of benzene rings is 2. The topological polar surface area (TPSA) is 109 Å². The maximum absolute atomic E-state index is 14.9. The number of carboxylic acid groups (broad SMARTS) is 1. The van der Waals surface area contributed by atoms with Gasteiger partial charge in [-0.05, 0) is 19.1 Å². The molecule has 0 saturated carbocycles. The van der Waals surface area contributed by atoms with Gasteiger partial charge >= 0.3 is 5.97 Å². The first kappa shape index (κ1) is 19.8. The van der Waals surface area contributed by atoms with Crippen LogP contribution in [0.2, 0.25) is 0 Å². The number of anilines is 2. The van der Waals surface area contributed by atoms with Crippen LogP contribution in [0.5, 0.6) is 0 Å². The molecule has 0 amide bonds. The van der Waals surface area contributed by atoms with E-state index in [0.717, 1.165) is 22.9 Å². The van der Waals surface area contributed by atoms with Crippen LogP contribution in [0.25, 0.3) is 16.6 Å². The number of halogens is 3. The fourth-order valence-electron chi connectivity index (χ4n) is 3.74. The van der Waals surface area contributed by atoms with Gasteiger partial charge < -0.3 is 25.4 Å². The van der Waals surface area contributed by atoms with Gasteiger partial charge in [-0.1, -0.05) is 0 Å². The van der Waals surface area contributed by atoms with Crippen molar-refractivity contribution < 1.29 is 28.2 Å². The number of β-amino-alcohol motifs (C(OH)–C–C–N with tert-alkyl or cyclic N) is 1. The highest BCUT2D eigenvalue weighted by Crippen LogP contribution is 2.35. The molecule has 1 saturated heterocycles. The Morgan fingerprint density at radius 2 is 1.80 bits per heavy atom. The lowest BCUT2D eigenvalue weighted by Gasteiger charge is -2.39. The van der Waals surface area contributed by atoms with Crippen LogP contribution in [-0.4, -0.2) is 39.9 Å². The van der Waals surface area contributed by atoms with E-state index in [1.54, 1.807) is 4.90 Å². The SMILES string of the molecule is Cc1c(N2CC(O)C2)c(F)cc2c(=O)c(C(=O)O)cn(-c3cc(N)c(F)cc3F)c12. The smallest absolute Gasteiger partial charge is 0.341 e. The zero-order valence-electron chi connectivity index (χ0n) is 15.6. The molecule has 1 fully saturated rings. The number of aliphatic hydroxyl groups is 1. The van der Waals surface area contributed by atoms with Crippen LogP contribution in [0.4, 0.5) is 24.5 Å². The fraction of sp³-hybridized carbons (Fsp3) is 0.200. The number of carboxylic acids is 1. The minimum atomic E-state index is -1.58. The molecule has 0 radical (unpaired) electrons. The van der Waals surface area contributed by atoms with Gasteiger partial charge in [0.05, 0.1) is 34.1 Å². The monoisotopic (exact) mass is 419 g/mol. The summed E-state index contributed by atoms with van der Waals surface area (Å²) in [6.07, 6.45) is 0.271. The molecule has 1 aromatic heterocycles. The predicted molar refractivity (Wildman–Crippen MR) is 104 cm³/mol. The van der Waals surface area contributed by atoms with Gasteiger partial charge in [-0.3, -0.25) is 4.79 Å². The summed E-state index contributed by atoms with van der Waals surface area (Å²) in [7, 11) is 0. The van der Waals surface area contributed by atoms with E-state index in [4.69, 9.17) is 5.73 Å². The normalized spacial score (nSPS) is 14.2. The summed E-state index contributed by atoms with van der Waals surface area (Å²) in [4.78, 5) is 25.8. The Balaban J connectivity index is 2.14. The number of nitrogens with two attached hydrogens (primary N) is 1. The van der Waals surface area contributed by atoms with Crippen LogP contribution in [0.3, 0.4) is 0 Å². The second-order valence-corrected chi connectivity index (χ2v) is 7.16. The van der Waals surface area contributed by atoms with Crippen molar-refractivity contribution in [1.82, 2.24) is 4.57 Å². The molecule has 10 heteroatoms. The summed E-state index contributed by atoms with van der Waals surface area (Å²) < 4.78 is 44.2. The van der Waals surface area contributed by atoms with Gasteiger partial charge in [0, 0.05) is 30.9 Å². The van der Waals surface area contributed by atoms with Gasteiger partial charge in [0.25, 0.3) is 0 Å². The highest BCUT2D eigenvalue weighted by molar-refractivity contribution is 5.96. The van der Waals surface area contributed by atoms with Crippen molar-refractivity contribution >= 4 is 28.2 Å². The molecular weight excluding hydrogens is 403 g/mol. The summed E-state index contributed by atoms with van der Waals surface area (Å²) in [5, 5.41) is 18.7. The van der Waals surface area contributed by atoms with Crippen LogP contribution >= 0.6 is 0 Å². The molecule has 1 aliphatic heterocycles. The zero-order valence-corrected chi connectivity index (χ0v) is 15.6. The van der Waals surface area contributed by atoms with Gasteiger partial charge in [-0.2, -0.15) is 0 Å². The maximum Gasteiger partial charge on any atom is 0.341 e. The number of fused-ring (bicyclic) bond motifs is 1. The Hall–Kier alpha value is -3.53. The quantitative estimate of drug-likeness (QED) is 0.562. The first-order valence-corrected chi connectivity index (χ1v) is 8.89. The van der Waals surface area contributed by atoms with Crippen LogP contribution in [0, 0.1) is 24.4 Å². The second-order valence-electron chi connectivity index (χ2n) is 7.16. The Morgan fingerprint density at radius 1 is 1.13 bits per heavy atom. The van der Waals surface area contributed by atoms with E-state index in [-0.39, 0.29) is 46.6 Å². The molecule has 4 N–H and O–H groups in total. The number of hydrogen-bond donors (Lipinski definition) is 3. The standard InChI is InChI=1S/C20H16F3N3O4/c1-8-17-10(2-14(23)18(8)25-5-9(27)6-25)19(28)11(20(29)30)7-26(17)16-4-15(24)12(21)3-13(16)22/h2-4,7,9,27H,5-6,24H2,1H3,(H,29,30). The van der Waals surface area contributed by atoms with E-state index in [1.807, 2.05) is 0 Å². The molecule has 0 atom stereocenters. The molecule has 2 heterocycles. The molecular formula is C20H16F3N3O4. The Morgan fingerprint density at radius 3 is 2.40 bits per heavy atom. The maximum atomic E-state index is 14.9. The number of aliphatic hydroxyl groups excluding tert-OH is 1. The van der Waals surface area contributed by atoms with Crippen LogP contribution in [0.1, 0.15) is 15.9 Å². The highest BCUT2D eigenvalue weighted by Gasteiger charge is 2.30. The summed E-state index contributed by atoms with van der Waals surface area (Å²) in [5.74, 6) is -4.41. The van der Waals surface area contributed by atoms with E-state index in [0.29, 0.717) is 6.07 Å². The molecule has 2 aromatic carbocycles. The van der Waals surface area contributed by atoms with Crippen molar-refractivity contribution in [3.63, 3.8) is 0 Å². The van der Waals surface area contributed by atoms with Crippen LogP contribution in [-0.2, 0) is 0 Å². The number of aromatic carboxylic acids is 1.